The molecule has 3 nitrogen and oxygen atoms in total. The van der Waals surface area contributed by atoms with Gasteiger partial charge in [0.2, 0.25) is 0 Å². The van der Waals surface area contributed by atoms with E-state index in [4.69, 9.17) is 9.47 Å². The lowest BCUT2D eigenvalue weighted by Crippen LogP contribution is -2.17. The summed E-state index contributed by atoms with van der Waals surface area (Å²) in [5, 5.41) is 0. The van der Waals surface area contributed by atoms with Crippen LogP contribution in [0.5, 0.6) is 5.75 Å². The Kier molecular flexibility index (Phi) is 3.79. The van der Waals surface area contributed by atoms with Crippen LogP contribution in [-0.2, 0) is 4.74 Å². The second kappa shape index (κ2) is 5.32. The first-order chi connectivity index (χ1) is 8.15. The van der Waals surface area contributed by atoms with E-state index in [2.05, 4.69) is 6.92 Å². The fourth-order valence-electron chi connectivity index (χ4n) is 1.98. The van der Waals surface area contributed by atoms with Gasteiger partial charge < -0.3 is 9.47 Å². The maximum atomic E-state index is 11.1. The van der Waals surface area contributed by atoms with Crippen LogP contribution >= 0.6 is 0 Å². The lowest BCUT2D eigenvalue weighted by molar-refractivity contribution is 0.0264. The molecule has 1 aliphatic heterocycles. The summed E-state index contributed by atoms with van der Waals surface area (Å²) in [5.74, 6) is 0.864. The number of carbonyl (C=O) groups excluding carboxylic acids is 1. The minimum absolute atomic E-state index is 0.0736. The first-order valence-corrected chi connectivity index (χ1v) is 6.04. The molecule has 0 saturated carbocycles. The van der Waals surface area contributed by atoms with Crippen LogP contribution in [0.1, 0.15) is 37.0 Å². The van der Waals surface area contributed by atoms with Crippen molar-refractivity contribution in [1.29, 1.82) is 0 Å². The van der Waals surface area contributed by atoms with Crippen molar-refractivity contribution in [1.82, 2.24) is 0 Å². The van der Waals surface area contributed by atoms with Gasteiger partial charge in [0.25, 0.3) is 0 Å². The van der Waals surface area contributed by atoms with Crippen molar-refractivity contribution in [3.63, 3.8) is 0 Å². The van der Waals surface area contributed by atoms with Crippen molar-refractivity contribution in [3.8, 4) is 5.75 Å². The number of carbonyl (C=O) groups is 1. The van der Waals surface area contributed by atoms with Crippen LogP contribution in [0.15, 0.2) is 24.3 Å². The second-order valence-electron chi connectivity index (χ2n) is 4.54. The highest BCUT2D eigenvalue weighted by molar-refractivity contribution is 5.94. The van der Waals surface area contributed by atoms with Crippen LogP contribution in [0, 0.1) is 0 Å². The highest BCUT2D eigenvalue weighted by Crippen LogP contribution is 2.20. The third-order valence-electron chi connectivity index (χ3n) is 3.02. The van der Waals surface area contributed by atoms with Crippen molar-refractivity contribution < 1.29 is 14.3 Å². The number of hydrogen-bond donors (Lipinski definition) is 0. The Morgan fingerprint density at radius 3 is 2.59 bits per heavy atom. The molecule has 0 N–H and O–H groups in total. The average Bonchev–Trinajstić information content (AvgIpc) is 2.73. The van der Waals surface area contributed by atoms with Gasteiger partial charge in [-0.25, -0.2) is 0 Å². The number of hydrogen-bond acceptors (Lipinski definition) is 3. The Balaban J connectivity index is 1.85. The van der Waals surface area contributed by atoms with E-state index in [1.54, 1.807) is 19.1 Å². The molecular formula is C14H18O3. The summed E-state index contributed by atoms with van der Waals surface area (Å²) in [5.41, 5.74) is 0.711. The Bertz CT molecular complexity index is 383. The summed E-state index contributed by atoms with van der Waals surface area (Å²) in [7, 11) is 0. The van der Waals surface area contributed by atoms with Crippen molar-refractivity contribution in [2.75, 3.05) is 6.61 Å². The summed E-state index contributed by atoms with van der Waals surface area (Å²) in [6.07, 6.45) is 2.73. The molecule has 0 amide bonds. The molecule has 92 valence electrons. The monoisotopic (exact) mass is 234 g/mol. The topological polar surface area (TPSA) is 35.5 Å². The minimum Gasteiger partial charge on any atom is -0.491 e. The first-order valence-electron chi connectivity index (χ1n) is 6.04. The molecule has 2 unspecified atom stereocenters. The summed E-state index contributed by atoms with van der Waals surface area (Å²) < 4.78 is 11.3. The molecule has 3 heteroatoms. The SMILES string of the molecule is CC(=O)c1ccc(OCC2CCC(C)O2)cc1. The summed E-state index contributed by atoms with van der Waals surface area (Å²) >= 11 is 0. The van der Waals surface area contributed by atoms with Crippen LogP contribution < -0.4 is 4.74 Å². The Hall–Kier alpha value is -1.35. The molecule has 1 aromatic carbocycles. The lowest BCUT2D eigenvalue weighted by Gasteiger charge is -2.12. The second-order valence-corrected chi connectivity index (χ2v) is 4.54. The zero-order valence-electron chi connectivity index (χ0n) is 10.3. The summed E-state index contributed by atoms with van der Waals surface area (Å²) in [6.45, 7) is 4.23. The van der Waals surface area contributed by atoms with E-state index in [1.807, 2.05) is 12.1 Å². The van der Waals surface area contributed by atoms with Gasteiger partial charge in [-0.3, -0.25) is 4.79 Å². The maximum absolute atomic E-state index is 11.1. The highest BCUT2D eigenvalue weighted by Gasteiger charge is 2.22. The summed E-state index contributed by atoms with van der Waals surface area (Å²) in [6, 6.07) is 7.23. The molecule has 0 spiro atoms. The normalized spacial score (nSPS) is 23.6. The van der Waals surface area contributed by atoms with Crippen LogP contribution in [-0.4, -0.2) is 24.6 Å². The quantitative estimate of drug-likeness (QED) is 0.751. The van der Waals surface area contributed by atoms with E-state index in [0.717, 1.165) is 18.6 Å². The number of rotatable bonds is 4. The van der Waals surface area contributed by atoms with E-state index in [0.29, 0.717) is 18.3 Å². The molecule has 1 aliphatic rings. The molecule has 1 heterocycles. The zero-order valence-corrected chi connectivity index (χ0v) is 10.3. The fourth-order valence-corrected chi connectivity index (χ4v) is 1.98. The van der Waals surface area contributed by atoms with Gasteiger partial charge in [0.1, 0.15) is 12.4 Å². The zero-order chi connectivity index (χ0) is 12.3. The molecular weight excluding hydrogens is 216 g/mol. The van der Waals surface area contributed by atoms with Gasteiger partial charge in [-0.15, -0.1) is 0 Å². The maximum Gasteiger partial charge on any atom is 0.159 e. The van der Waals surface area contributed by atoms with Gasteiger partial charge in [0.05, 0.1) is 12.2 Å². The molecule has 1 saturated heterocycles. The molecule has 0 bridgehead atoms. The van der Waals surface area contributed by atoms with E-state index in [1.165, 1.54) is 0 Å². The highest BCUT2D eigenvalue weighted by atomic mass is 16.5. The van der Waals surface area contributed by atoms with E-state index < -0.39 is 0 Å². The van der Waals surface area contributed by atoms with E-state index >= 15 is 0 Å². The molecule has 0 aliphatic carbocycles. The molecule has 1 aromatic rings. The van der Waals surface area contributed by atoms with Crippen LogP contribution in [0.3, 0.4) is 0 Å². The average molecular weight is 234 g/mol. The summed E-state index contributed by atoms with van der Waals surface area (Å²) in [4.78, 5) is 11.1. The van der Waals surface area contributed by atoms with Crippen molar-refractivity contribution in [2.24, 2.45) is 0 Å². The largest absolute Gasteiger partial charge is 0.491 e. The van der Waals surface area contributed by atoms with E-state index in [-0.39, 0.29) is 11.9 Å². The third kappa shape index (κ3) is 3.30. The van der Waals surface area contributed by atoms with Gasteiger partial charge in [0, 0.05) is 5.56 Å². The molecule has 2 rings (SSSR count). The smallest absolute Gasteiger partial charge is 0.159 e. The Labute approximate surface area is 102 Å². The molecule has 2 atom stereocenters. The molecule has 17 heavy (non-hydrogen) atoms. The molecule has 0 radical (unpaired) electrons. The number of Topliss-reactive ketones (excluding diaryl/α,β-unsaturated/α-hetero) is 1. The van der Waals surface area contributed by atoms with Crippen molar-refractivity contribution in [2.45, 2.75) is 38.9 Å². The van der Waals surface area contributed by atoms with Gasteiger partial charge >= 0.3 is 0 Å². The van der Waals surface area contributed by atoms with Gasteiger partial charge in [0.15, 0.2) is 5.78 Å². The number of ether oxygens (including phenoxy) is 2. The Morgan fingerprint density at radius 2 is 2.06 bits per heavy atom. The minimum atomic E-state index is 0.0736. The third-order valence-corrected chi connectivity index (χ3v) is 3.02. The fraction of sp³-hybridized carbons (Fsp3) is 0.500. The van der Waals surface area contributed by atoms with Crippen LogP contribution in [0.2, 0.25) is 0 Å². The molecule has 1 fully saturated rings. The molecule has 0 aromatic heterocycles. The number of ketones is 1. The van der Waals surface area contributed by atoms with Gasteiger partial charge in [-0.2, -0.15) is 0 Å². The number of benzene rings is 1. The van der Waals surface area contributed by atoms with Gasteiger partial charge in [-0.05, 0) is 51.0 Å². The van der Waals surface area contributed by atoms with Crippen molar-refractivity contribution >= 4 is 5.78 Å². The Morgan fingerprint density at radius 1 is 1.35 bits per heavy atom. The lowest BCUT2D eigenvalue weighted by atomic mass is 10.1. The van der Waals surface area contributed by atoms with Crippen molar-refractivity contribution in [3.05, 3.63) is 29.8 Å². The first kappa shape index (κ1) is 12.1. The van der Waals surface area contributed by atoms with Crippen LogP contribution in [0.4, 0.5) is 0 Å². The standard InChI is InChI=1S/C14H18O3/c1-10-3-6-14(17-10)9-16-13-7-4-12(5-8-13)11(2)15/h4-5,7-8,10,14H,3,6,9H2,1-2H3. The van der Waals surface area contributed by atoms with Gasteiger partial charge in [-0.1, -0.05) is 0 Å². The predicted molar refractivity (Wildman–Crippen MR) is 65.5 cm³/mol. The predicted octanol–water partition coefficient (Wildman–Crippen LogP) is 2.84. The van der Waals surface area contributed by atoms with Crippen LogP contribution in [0.25, 0.3) is 0 Å². The van der Waals surface area contributed by atoms with E-state index in [9.17, 15) is 4.79 Å².